The van der Waals surface area contributed by atoms with Gasteiger partial charge < -0.3 is 14.6 Å². The highest BCUT2D eigenvalue weighted by molar-refractivity contribution is 5.73. The molecule has 0 amide bonds. The van der Waals surface area contributed by atoms with Crippen molar-refractivity contribution in [1.82, 2.24) is 0 Å². The monoisotopic (exact) mass is 292 g/mol. The molecule has 4 nitrogen and oxygen atoms in total. The quantitative estimate of drug-likeness (QED) is 0.793. The highest BCUT2D eigenvalue weighted by Crippen LogP contribution is 2.46. The molecule has 4 heteroatoms. The Hall–Kier alpha value is -1.71. The molecule has 1 aliphatic rings. The van der Waals surface area contributed by atoms with E-state index in [1.807, 2.05) is 19.1 Å². The molecule has 0 heterocycles. The van der Waals surface area contributed by atoms with Crippen molar-refractivity contribution in [2.24, 2.45) is 11.8 Å². The molecule has 1 fully saturated rings. The summed E-state index contributed by atoms with van der Waals surface area (Å²) < 4.78 is 10.9. The first-order valence-electron chi connectivity index (χ1n) is 7.64. The van der Waals surface area contributed by atoms with E-state index < -0.39 is 5.97 Å². The number of aliphatic carboxylic acids is 1. The van der Waals surface area contributed by atoms with Crippen LogP contribution in [-0.2, 0) is 4.79 Å². The largest absolute Gasteiger partial charge is 0.493 e. The van der Waals surface area contributed by atoms with Gasteiger partial charge in [0, 0.05) is 0 Å². The van der Waals surface area contributed by atoms with E-state index in [4.69, 9.17) is 14.6 Å². The molecule has 3 unspecified atom stereocenters. The minimum absolute atomic E-state index is 0.136. The number of carboxylic acids is 1. The molecule has 2 rings (SSSR count). The van der Waals surface area contributed by atoms with Crippen molar-refractivity contribution in [2.45, 2.75) is 39.0 Å². The van der Waals surface area contributed by atoms with Gasteiger partial charge in [-0.15, -0.1) is 0 Å². The first-order chi connectivity index (χ1) is 10.1. The van der Waals surface area contributed by atoms with E-state index >= 15 is 0 Å². The molecule has 0 aliphatic heterocycles. The summed E-state index contributed by atoms with van der Waals surface area (Å²) >= 11 is 0. The van der Waals surface area contributed by atoms with E-state index in [1.54, 1.807) is 7.11 Å². The van der Waals surface area contributed by atoms with Crippen LogP contribution in [0.25, 0.3) is 0 Å². The molecular weight excluding hydrogens is 268 g/mol. The number of hydrogen-bond acceptors (Lipinski definition) is 3. The molecule has 1 aromatic rings. The van der Waals surface area contributed by atoms with Gasteiger partial charge in [0.1, 0.15) is 0 Å². The van der Waals surface area contributed by atoms with Crippen LogP contribution in [0.3, 0.4) is 0 Å². The number of benzene rings is 1. The molecule has 3 atom stereocenters. The van der Waals surface area contributed by atoms with Gasteiger partial charge in [-0.25, -0.2) is 0 Å². The maximum absolute atomic E-state index is 11.0. The smallest absolute Gasteiger partial charge is 0.306 e. The number of carboxylic acid groups (broad SMARTS) is 1. The second-order valence-corrected chi connectivity index (χ2v) is 5.62. The molecule has 1 N–H and O–H groups in total. The zero-order valence-electron chi connectivity index (χ0n) is 13.0. The zero-order chi connectivity index (χ0) is 15.4. The minimum Gasteiger partial charge on any atom is -0.493 e. The van der Waals surface area contributed by atoms with Crippen LogP contribution in [-0.4, -0.2) is 24.8 Å². The topological polar surface area (TPSA) is 55.8 Å². The first kappa shape index (κ1) is 15.7. The molecule has 0 spiro atoms. The van der Waals surface area contributed by atoms with Crippen molar-refractivity contribution < 1.29 is 19.4 Å². The number of hydrogen-bond donors (Lipinski definition) is 1. The summed E-state index contributed by atoms with van der Waals surface area (Å²) in [7, 11) is 1.64. The van der Waals surface area contributed by atoms with Gasteiger partial charge in [-0.05, 0) is 55.7 Å². The van der Waals surface area contributed by atoms with E-state index in [0.29, 0.717) is 18.4 Å². The van der Waals surface area contributed by atoms with Crippen molar-refractivity contribution in [3.8, 4) is 11.5 Å². The average Bonchev–Trinajstić information content (AvgIpc) is 3.25. The predicted octanol–water partition coefficient (Wildman–Crippen LogP) is 3.70. The number of ether oxygens (including phenoxy) is 2. The molecule has 21 heavy (non-hydrogen) atoms. The number of rotatable bonds is 8. The third-order valence-electron chi connectivity index (χ3n) is 4.28. The lowest BCUT2D eigenvalue weighted by molar-refractivity contribution is -0.138. The van der Waals surface area contributed by atoms with Gasteiger partial charge in [0.05, 0.1) is 19.6 Å². The summed E-state index contributed by atoms with van der Waals surface area (Å²) in [5.41, 5.74) is 1.20. The zero-order valence-corrected chi connectivity index (χ0v) is 13.0. The number of methoxy groups -OCH3 is 1. The van der Waals surface area contributed by atoms with Crippen molar-refractivity contribution in [3.63, 3.8) is 0 Å². The Morgan fingerprint density at radius 2 is 2.14 bits per heavy atom. The Bertz CT molecular complexity index is 498. The van der Waals surface area contributed by atoms with Gasteiger partial charge in [0.2, 0.25) is 0 Å². The Morgan fingerprint density at radius 3 is 2.67 bits per heavy atom. The fourth-order valence-corrected chi connectivity index (χ4v) is 2.93. The Morgan fingerprint density at radius 1 is 1.38 bits per heavy atom. The molecule has 0 saturated heterocycles. The summed E-state index contributed by atoms with van der Waals surface area (Å²) in [6.07, 6.45) is 2.75. The standard InChI is InChI=1S/C17H24O4/c1-4-11(8-13-9-14(13)17(18)19)12-6-7-15(21-5-2)16(10-12)20-3/h6-7,10-11,13-14H,4-5,8-9H2,1-3H3,(H,18,19). The van der Waals surface area contributed by atoms with Crippen molar-refractivity contribution in [3.05, 3.63) is 23.8 Å². The van der Waals surface area contributed by atoms with E-state index in [9.17, 15) is 4.79 Å². The van der Waals surface area contributed by atoms with Gasteiger partial charge in [-0.1, -0.05) is 13.0 Å². The molecular formula is C17H24O4. The molecule has 0 bridgehead atoms. The van der Waals surface area contributed by atoms with Crippen LogP contribution in [0.15, 0.2) is 18.2 Å². The molecule has 116 valence electrons. The summed E-state index contributed by atoms with van der Waals surface area (Å²) in [5.74, 6) is 1.42. The first-order valence-corrected chi connectivity index (χ1v) is 7.64. The second-order valence-electron chi connectivity index (χ2n) is 5.62. The lowest BCUT2D eigenvalue weighted by Crippen LogP contribution is -2.04. The summed E-state index contributed by atoms with van der Waals surface area (Å²) in [6.45, 7) is 4.70. The van der Waals surface area contributed by atoms with Crippen LogP contribution < -0.4 is 9.47 Å². The van der Waals surface area contributed by atoms with Crippen molar-refractivity contribution >= 4 is 5.97 Å². The second kappa shape index (κ2) is 6.83. The summed E-state index contributed by atoms with van der Waals surface area (Å²) in [6, 6.07) is 6.04. The van der Waals surface area contributed by atoms with Crippen LogP contribution in [0.2, 0.25) is 0 Å². The van der Waals surface area contributed by atoms with Crippen LogP contribution in [0.1, 0.15) is 44.6 Å². The van der Waals surface area contributed by atoms with Gasteiger partial charge in [0.25, 0.3) is 0 Å². The lowest BCUT2D eigenvalue weighted by atomic mass is 9.90. The fraction of sp³-hybridized carbons (Fsp3) is 0.588. The maximum Gasteiger partial charge on any atom is 0.306 e. The molecule has 1 saturated carbocycles. The van der Waals surface area contributed by atoms with E-state index in [-0.39, 0.29) is 5.92 Å². The summed E-state index contributed by atoms with van der Waals surface area (Å²) in [4.78, 5) is 11.0. The normalized spacial score (nSPS) is 21.7. The van der Waals surface area contributed by atoms with Crippen LogP contribution in [0.4, 0.5) is 0 Å². The average molecular weight is 292 g/mol. The highest BCUT2D eigenvalue weighted by Gasteiger charge is 2.43. The van der Waals surface area contributed by atoms with Gasteiger partial charge in [-0.2, -0.15) is 0 Å². The Balaban J connectivity index is 2.09. The van der Waals surface area contributed by atoms with Crippen molar-refractivity contribution in [2.75, 3.05) is 13.7 Å². The molecule has 1 aromatic carbocycles. The van der Waals surface area contributed by atoms with Crippen molar-refractivity contribution in [1.29, 1.82) is 0 Å². The third kappa shape index (κ3) is 3.69. The van der Waals surface area contributed by atoms with E-state index in [2.05, 4.69) is 13.0 Å². The molecule has 1 aliphatic carbocycles. The van der Waals surface area contributed by atoms with E-state index in [1.165, 1.54) is 5.56 Å². The van der Waals surface area contributed by atoms with Crippen LogP contribution >= 0.6 is 0 Å². The minimum atomic E-state index is -0.654. The SMILES string of the molecule is CCOc1ccc(C(CC)CC2CC2C(=O)O)cc1OC. The van der Waals surface area contributed by atoms with Crippen LogP contribution in [0.5, 0.6) is 11.5 Å². The van der Waals surface area contributed by atoms with Crippen LogP contribution in [0, 0.1) is 11.8 Å². The van der Waals surface area contributed by atoms with E-state index in [0.717, 1.165) is 30.8 Å². The van der Waals surface area contributed by atoms with Gasteiger partial charge in [-0.3, -0.25) is 4.79 Å². The highest BCUT2D eigenvalue weighted by atomic mass is 16.5. The molecule has 0 radical (unpaired) electrons. The maximum atomic E-state index is 11.0. The third-order valence-corrected chi connectivity index (χ3v) is 4.28. The van der Waals surface area contributed by atoms with Gasteiger partial charge in [0.15, 0.2) is 11.5 Å². The summed E-state index contributed by atoms with van der Waals surface area (Å²) in [5, 5.41) is 9.02. The Labute approximate surface area is 126 Å². The number of carbonyl (C=O) groups is 1. The molecule has 0 aromatic heterocycles. The lowest BCUT2D eigenvalue weighted by Gasteiger charge is -2.17. The predicted molar refractivity (Wildman–Crippen MR) is 81.0 cm³/mol. The fourth-order valence-electron chi connectivity index (χ4n) is 2.93. The Kier molecular flexibility index (Phi) is 5.10. The van der Waals surface area contributed by atoms with Gasteiger partial charge >= 0.3 is 5.97 Å².